The smallest absolute Gasteiger partial charge is 0.164 e. The Bertz CT molecular complexity index is 2630. The Morgan fingerprint density at radius 2 is 1.34 bits per heavy atom. The van der Waals surface area contributed by atoms with E-state index >= 15 is 0 Å². The van der Waals surface area contributed by atoms with Crippen molar-refractivity contribution < 1.29 is 4.42 Å². The average Bonchev–Trinajstić information content (AvgIpc) is 3.76. The van der Waals surface area contributed by atoms with Gasteiger partial charge in [-0.05, 0) is 53.7 Å². The van der Waals surface area contributed by atoms with Gasteiger partial charge in [-0.3, -0.25) is 0 Å². The van der Waals surface area contributed by atoms with Gasteiger partial charge in [-0.25, -0.2) is 15.0 Å². The Morgan fingerprint density at radius 1 is 0.660 bits per heavy atom. The second kappa shape index (κ2) is 11.8. The standard InChI is InChI=1S/C43H28N5OS/c1-4-14-26(15-5-1)37-39-38(31-21-11-13-23-35(31)50-39)45-42(44-37)29-24-32(36-30-20-10-12-22-33(30)49-34(36)25-29)43-47-40(27-16-6-2-7-17-27)46-41(48-43)28-18-8-3-9-19-28/h1-4,6-14,16-25,37H,5,15H2/q-1. The number of rotatable bonds is 5. The molecular weight excluding hydrogens is 635 g/mol. The lowest BCUT2D eigenvalue weighted by Crippen LogP contribution is -2.13. The fourth-order valence-corrected chi connectivity index (χ4v) is 8.22. The largest absolute Gasteiger partial charge is 0.456 e. The molecule has 0 saturated carbocycles. The fraction of sp³-hybridized carbons (Fsp3) is 0.0698. The number of amidine groups is 1. The van der Waals surface area contributed by atoms with Crippen molar-refractivity contribution in [2.24, 2.45) is 4.99 Å². The molecule has 8 aromatic rings. The number of allylic oxidation sites excluding steroid dienone is 3. The van der Waals surface area contributed by atoms with Crippen LogP contribution in [0.5, 0.6) is 0 Å². The quantitative estimate of drug-likeness (QED) is 0.184. The summed E-state index contributed by atoms with van der Waals surface area (Å²) in [5.74, 6) is 2.44. The van der Waals surface area contributed by atoms with Gasteiger partial charge in [-0.15, -0.1) is 11.3 Å². The molecule has 0 fully saturated rings. The van der Waals surface area contributed by atoms with Crippen molar-refractivity contribution in [2.75, 3.05) is 0 Å². The number of aliphatic imine (C=N–C) groups is 1. The van der Waals surface area contributed by atoms with Crippen molar-refractivity contribution in [1.29, 1.82) is 0 Å². The van der Waals surface area contributed by atoms with Crippen LogP contribution >= 0.6 is 11.3 Å². The molecule has 0 bridgehead atoms. The van der Waals surface area contributed by atoms with Crippen LogP contribution in [0, 0.1) is 0 Å². The fourth-order valence-electron chi connectivity index (χ4n) is 7.00. The van der Waals surface area contributed by atoms with Gasteiger partial charge >= 0.3 is 0 Å². The summed E-state index contributed by atoms with van der Waals surface area (Å²) in [6.07, 6.45) is 8.57. The SMILES string of the molecule is C1=CCCC(C2[N-]C(c3cc(-c4nc(-c5ccccc5)nc(-c5ccccc5)n4)c4c(c3)oc3ccccc34)=Nc3c2sc2ccccc32)=C1. The lowest BCUT2D eigenvalue weighted by Gasteiger charge is -2.36. The molecule has 4 heterocycles. The Balaban J connectivity index is 1.23. The highest BCUT2D eigenvalue weighted by Crippen LogP contribution is 2.51. The van der Waals surface area contributed by atoms with Crippen molar-refractivity contribution >= 4 is 54.9 Å². The molecular formula is C43H28N5OS-. The first-order valence-corrected chi connectivity index (χ1v) is 17.6. The van der Waals surface area contributed by atoms with Crippen LogP contribution in [0.15, 0.2) is 155 Å². The third kappa shape index (κ3) is 4.85. The number of furan rings is 1. The van der Waals surface area contributed by atoms with Crippen LogP contribution in [0.4, 0.5) is 5.69 Å². The Hall–Kier alpha value is -6.18. The molecule has 50 heavy (non-hydrogen) atoms. The Morgan fingerprint density at radius 3 is 2.08 bits per heavy atom. The molecule has 7 heteroatoms. The van der Waals surface area contributed by atoms with E-state index in [1.54, 1.807) is 11.3 Å². The molecule has 0 N–H and O–H groups in total. The summed E-state index contributed by atoms with van der Waals surface area (Å²) < 4.78 is 7.78. The normalized spacial score (nSPS) is 15.6. The van der Waals surface area contributed by atoms with Crippen molar-refractivity contribution in [3.8, 4) is 34.2 Å². The maximum Gasteiger partial charge on any atom is 0.164 e. The molecule has 3 aromatic heterocycles. The zero-order chi connectivity index (χ0) is 33.0. The summed E-state index contributed by atoms with van der Waals surface area (Å²) in [5, 5.41) is 8.50. The summed E-state index contributed by atoms with van der Waals surface area (Å²) in [5.41, 5.74) is 7.36. The van der Waals surface area contributed by atoms with Gasteiger partial charge in [0.15, 0.2) is 17.5 Å². The van der Waals surface area contributed by atoms with Gasteiger partial charge in [0.05, 0.1) is 0 Å². The number of thiophene rings is 1. The second-order valence-electron chi connectivity index (χ2n) is 12.5. The van der Waals surface area contributed by atoms with Crippen LogP contribution in [0.3, 0.4) is 0 Å². The van der Waals surface area contributed by atoms with Gasteiger partial charge < -0.3 is 14.7 Å². The number of hydrogen-bond acceptors (Lipinski definition) is 6. The number of hydrogen-bond donors (Lipinski definition) is 0. The van der Waals surface area contributed by atoms with Crippen LogP contribution in [0.1, 0.15) is 29.3 Å². The molecule has 2 aliphatic rings. The first kappa shape index (κ1) is 28.8. The molecule has 0 radical (unpaired) electrons. The van der Waals surface area contributed by atoms with Gasteiger partial charge in [-0.1, -0.05) is 127 Å². The first-order valence-electron chi connectivity index (χ1n) is 16.8. The van der Waals surface area contributed by atoms with E-state index in [0.717, 1.165) is 68.1 Å². The van der Waals surface area contributed by atoms with E-state index in [2.05, 4.69) is 60.7 Å². The van der Waals surface area contributed by atoms with E-state index in [-0.39, 0.29) is 6.04 Å². The van der Waals surface area contributed by atoms with E-state index < -0.39 is 0 Å². The van der Waals surface area contributed by atoms with Crippen molar-refractivity contribution in [2.45, 2.75) is 18.9 Å². The monoisotopic (exact) mass is 662 g/mol. The number of para-hydroxylation sites is 1. The molecule has 5 aromatic carbocycles. The van der Waals surface area contributed by atoms with Crippen molar-refractivity contribution in [3.05, 3.63) is 161 Å². The highest BCUT2D eigenvalue weighted by molar-refractivity contribution is 7.20. The van der Waals surface area contributed by atoms with Crippen LogP contribution in [0.25, 0.3) is 71.5 Å². The number of aromatic nitrogens is 3. The molecule has 0 amide bonds. The molecule has 0 spiro atoms. The van der Waals surface area contributed by atoms with E-state index in [4.69, 9.17) is 29.7 Å². The summed E-state index contributed by atoms with van der Waals surface area (Å²) in [7, 11) is 0. The lowest BCUT2D eigenvalue weighted by atomic mass is 9.94. The minimum Gasteiger partial charge on any atom is -0.456 e. The first-order chi connectivity index (χ1) is 24.8. The topological polar surface area (TPSA) is 78.3 Å². The van der Waals surface area contributed by atoms with Crippen LogP contribution in [-0.4, -0.2) is 20.8 Å². The maximum absolute atomic E-state index is 6.56. The molecule has 1 aliphatic heterocycles. The molecule has 10 rings (SSSR count). The number of nitrogens with zero attached hydrogens (tertiary/aromatic N) is 5. The van der Waals surface area contributed by atoms with Crippen LogP contribution in [-0.2, 0) is 0 Å². The predicted octanol–water partition coefficient (Wildman–Crippen LogP) is 11.8. The third-order valence-corrected chi connectivity index (χ3v) is 10.6. The summed E-state index contributed by atoms with van der Waals surface area (Å²) in [6, 6.07) is 40.9. The zero-order valence-corrected chi connectivity index (χ0v) is 27.6. The predicted molar refractivity (Wildman–Crippen MR) is 204 cm³/mol. The minimum absolute atomic E-state index is 0.110. The second-order valence-corrected chi connectivity index (χ2v) is 13.6. The molecule has 0 saturated heterocycles. The maximum atomic E-state index is 6.56. The minimum atomic E-state index is -0.110. The third-order valence-electron chi connectivity index (χ3n) is 9.39. The highest BCUT2D eigenvalue weighted by Gasteiger charge is 2.25. The highest BCUT2D eigenvalue weighted by atomic mass is 32.1. The van der Waals surface area contributed by atoms with Gasteiger partial charge in [0.25, 0.3) is 0 Å². The molecule has 238 valence electrons. The van der Waals surface area contributed by atoms with E-state index in [0.29, 0.717) is 23.3 Å². The van der Waals surface area contributed by atoms with Gasteiger partial charge in [-0.2, -0.15) is 0 Å². The van der Waals surface area contributed by atoms with Crippen molar-refractivity contribution in [3.63, 3.8) is 0 Å². The Kier molecular flexibility index (Phi) is 6.77. The summed E-state index contributed by atoms with van der Waals surface area (Å²) >= 11 is 1.79. The Labute approximate surface area is 292 Å². The van der Waals surface area contributed by atoms with Crippen molar-refractivity contribution in [1.82, 2.24) is 15.0 Å². The number of fused-ring (bicyclic) bond motifs is 6. The summed E-state index contributed by atoms with van der Waals surface area (Å²) in [6.45, 7) is 0. The zero-order valence-electron chi connectivity index (χ0n) is 26.8. The van der Waals surface area contributed by atoms with Gasteiger partial charge in [0.1, 0.15) is 11.2 Å². The molecule has 1 unspecified atom stereocenters. The molecule has 1 aliphatic carbocycles. The van der Waals surface area contributed by atoms with E-state index in [1.165, 1.54) is 15.2 Å². The molecule has 1 atom stereocenters. The van der Waals surface area contributed by atoms with Crippen LogP contribution in [0.2, 0.25) is 0 Å². The van der Waals surface area contributed by atoms with Gasteiger partial charge in [0.2, 0.25) is 0 Å². The van der Waals surface area contributed by atoms with Crippen LogP contribution < -0.4 is 0 Å². The average molecular weight is 663 g/mol. The lowest BCUT2D eigenvalue weighted by molar-refractivity contribution is 0.669. The van der Waals surface area contributed by atoms with Gasteiger partial charge in [0, 0.05) is 43.1 Å². The summed E-state index contributed by atoms with van der Waals surface area (Å²) in [4.78, 5) is 21.7. The van der Waals surface area contributed by atoms with E-state index in [9.17, 15) is 0 Å². The van der Waals surface area contributed by atoms with E-state index in [1.807, 2.05) is 78.9 Å². The molecule has 6 nitrogen and oxygen atoms in total. The number of benzene rings is 5.